The zero-order chi connectivity index (χ0) is 18.2. The molecule has 0 aliphatic heterocycles. The van der Waals surface area contributed by atoms with Gasteiger partial charge >= 0.3 is 0 Å². The highest BCUT2D eigenvalue weighted by Crippen LogP contribution is 2.12. The van der Waals surface area contributed by atoms with E-state index in [0.29, 0.717) is 24.4 Å². The van der Waals surface area contributed by atoms with Gasteiger partial charge in [0.25, 0.3) is 5.91 Å². The van der Waals surface area contributed by atoms with Crippen molar-refractivity contribution in [2.75, 3.05) is 20.2 Å². The van der Waals surface area contributed by atoms with E-state index in [1.54, 1.807) is 31.4 Å². The van der Waals surface area contributed by atoms with Crippen LogP contribution in [-0.4, -0.2) is 32.0 Å². The summed E-state index contributed by atoms with van der Waals surface area (Å²) < 4.78 is 5.09. The van der Waals surface area contributed by atoms with Crippen molar-refractivity contribution in [3.63, 3.8) is 0 Å². The van der Waals surface area contributed by atoms with Crippen molar-refractivity contribution in [2.45, 2.75) is 13.0 Å². The lowest BCUT2D eigenvalue weighted by Crippen LogP contribution is -2.39. The quantitative estimate of drug-likeness (QED) is 0.666. The maximum absolute atomic E-state index is 12.1. The van der Waals surface area contributed by atoms with Crippen LogP contribution in [0.5, 0.6) is 5.75 Å². The molecule has 0 heterocycles. The molecule has 6 nitrogen and oxygen atoms in total. The first-order chi connectivity index (χ1) is 12.0. The number of aryl methyl sites for hydroxylation is 1. The molecule has 2 aromatic rings. The molecule has 0 aliphatic rings. The Kier molecular flexibility index (Phi) is 6.54. The fraction of sp³-hybridized carbons (Fsp3) is 0.263. The molecule has 2 rings (SSSR count). The van der Waals surface area contributed by atoms with Crippen molar-refractivity contribution in [3.05, 3.63) is 65.2 Å². The Morgan fingerprint density at radius 2 is 1.76 bits per heavy atom. The van der Waals surface area contributed by atoms with Crippen LogP contribution in [0.3, 0.4) is 0 Å². The molecule has 6 heteroatoms. The Bertz CT molecular complexity index is 729. The van der Waals surface area contributed by atoms with E-state index in [1.165, 1.54) is 0 Å². The normalized spacial score (nSPS) is 11.5. The molecule has 2 aromatic carbocycles. The Labute approximate surface area is 147 Å². The van der Waals surface area contributed by atoms with Crippen LogP contribution < -0.4 is 21.1 Å². The van der Waals surface area contributed by atoms with Crippen molar-refractivity contribution >= 4 is 11.8 Å². The highest BCUT2D eigenvalue weighted by Gasteiger charge is 2.15. The van der Waals surface area contributed by atoms with Gasteiger partial charge < -0.3 is 21.1 Å². The second kappa shape index (κ2) is 8.84. The lowest BCUT2D eigenvalue weighted by atomic mass is 10.1. The number of nitrogens with two attached hydrogens (primary N) is 1. The number of rotatable bonds is 7. The van der Waals surface area contributed by atoms with Gasteiger partial charge in [-0.2, -0.15) is 0 Å². The van der Waals surface area contributed by atoms with E-state index in [2.05, 4.69) is 10.6 Å². The zero-order valence-corrected chi connectivity index (χ0v) is 14.4. The van der Waals surface area contributed by atoms with Gasteiger partial charge in [-0.3, -0.25) is 9.59 Å². The van der Waals surface area contributed by atoms with Crippen LogP contribution in [0.25, 0.3) is 0 Å². The van der Waals surface area contributed by atoms with Gasteiger partial charge in [-0.05, 0) is 30.7 Å². The highest BCUT2D eigenvalue weighted by molar-refractivity contribution is 5.94. The third kappa shape index (κ3) is 5.32. The van der Waals surface area contributed by atoms with E-state index >= 15 is 0 Å². The topological polar surface area (TPSA) is 93.5 Å². The van der Waals surface area contributed by atoms with E-state index < -0.39 is 6.04 Å². The summed E-state index contributed by atoms with van der Waals surface area (Å²) in [7, 11) is 1.55. The number of nitrogens with one attached hydrogen (secondary N) is 2. The molecule has 25 heavy (non-hydrogen) atoms. The van der Waals surface area contributed by atoms with Gasteiger partial charge in [-0.15, -0.1) is 0 Å². The number of carbonyl (C=O) groups excluding carboxylic acids is 2. The third-order valence-electron chi connectivity index (χ3n) is 3.76. The Balaban J connectivity index is 1.77. The van der Waals surface area contributed by atoms with Crippen molar-refractivity contribution in [3.8, 4) is 5.75 Å². The third-order valence-corrected chi connectivity index (χ3v) is 3.76. The second-order valence-electron chi connectivity index (χ2n) is 5.67. The van der Waals surface area contributed by atoms with Crippen LogP contribution >= 0.6 is 0 Å². The minimum Gasteiger partial charge on any atom is -0.497 e. The summed E-state index contributed by atoms with van der Waals surface area (Å²) >= 11 is 0. The lowest BCUT2D eigenvalue weighted by Gasteiger charge is -2.13. The molecule has 2 amide bonds. The van der Waals surface area contributed by atoms with E-state index in [4.69, 9.17) is 10.5 Å². The SMILES string of the molecule is COc1cccc(C(=O)NCCNC(=O)C(N)c2ccc(C)cc2)c1. The average Bonchev–Trinajstić information content (AvgIpc) is 2.64. The maximum Gasteiger partial charge on any atom is 0.251 e. The monoisotopic (exact) mass is 341 g/mol. The van der Waals surface area contributed by atoms with E-state index in [0.717, 1.165) is 11.1 Å². The molecule has 0 radical (unpaired) electrons. The van der Waals surface area contributed by atoms with Gasteiger partial charge in [0.1, 0.15) is 11.8 Å². The number of hydrogen-bond donors (Lipinski definition) is 3. The van der Waals surface area contributed by atoms with Crippen LogP contribution in [0.2, 0.25) is 0 Å². The molecule has 0 spiro atoms. The Morgan fingerprint density at radius 3 is 2.44 bits per heavy atom. The summed E-state index contributed by atoms with van der Waals surface area (Å²) in [4.78, 5) is 24.1. The Morgan fingerprint density at radius 1 is 1.08 bits per heavy atom. The lowest BCUT2D eigenvalue weighted by molar-refractivity contribution is -0.122. The fourth-order valence-electron chi connectivity index (χ4n) is 2.26. The molecule has 1 atom stereocenters. The largest absolute Gasteiger partial charge is 0.497 e. The highest BCUT2D eigenvalue weighted by atomic mass is 16.5. The summed E-state index contributed by atoms with van der Waals surface area (Å²) in [6.45, 7) is 2.58. The maximum atomic E-state index is 12.1. The van der Waals surface area contributed by atoms with Crippen molar-refractivity contribution in [2.24, 2.45) is 5.73 Å². The molecular weight excluding hydrogens is 318 g/mol. The number of amides is 2. The van der Waals surface area contributed by atoms with Crippen LogP contribution in [0.4, 0.5) is 0 Å². The summed E-state index contributed by atoms with van der Waals surface area (Å²) in [5.41, 5.74) is 8.30. The predicted octanol–water partition coefficient (Wildman–Crippen LogP) is 1.55. The number of ether oxygens (including phenoxy) is 1. The Hall–Kier alpha value is -2.86. The van der Waals surface area contributed by atoms with Gasteiger partial charge in [0, 0.05) is 18.7 Å². The number of hydrogen-bond acceptors (Lipinski definition) is 4. The summed E-state index contributed by atoms with van der Waals surface area (Å²) in [5, 5.41) is 5.46. The standard InChI is InChI=1S/C19H23N3O3/c1-13-6-8-14(9-7-13)17(20)19(24)22-11-10-21-18(23)15-4-3-5-16(12-15)25-2/h3-9,12,17H,10-11,20H2,1-2H3,(H,21,23)(H,22,24). The molecule has 4 N–H and O–H groups in total. The minimum absolute atomic E-state index is 0.226. The van der Waals surface area contributed by atoms with Crippen molar-refractivity contribution in [1.29, 1.82) is 0 Å². The van der Waals surface area contributed by atoms with Gasteiger partial charge in [0.15, 0.2) is 0 Å². The summed E-state index contributed by atoms with van der Waals surface area (Å²) in [6.07, 6.45) is 0. The average molecular weight is 341 g/mol. The molecule has 0 bridgehead atoms. The van der Waals surface area contributed by atoms with Crippen LogP contribution in [0.1, 0.15) is 27.5 Å². The molecule has 0 aromatic heterocycles. The van der Waals surface area contributed by atoms with Crippen LogP contribution in [-0.2, 0) is 4.79 Å². The van der Waals surface area contributed by atoms with Crippen LogP contribution in [0, 0.1) is 6.92 Å². The van der Waals surface area contributed by atoms with E-state index in [-0.39, 0.29) is 11.8 Å². The molecule has 0 saturated carbocycles. The van der Waals surface area contributed by atoms with E-state index in [1.807, 2.05) is 31.2 Å². The number of methoxy groups -OCH3 is 1. The van der Waals surface area contributed by atoms with Gasteiger partial charge in [0.05, 0.1) is 7.11 Å². The molecule has 0 saturated heterocycles. The van der Waals surface area contributed by atoms with E-state index in [9.17, 15) is 9.59 Å². The van der Waals surface area contributed by atoms with Crippen molar-refractivity contribution in [1.82, 2.24) is 10.6 Å². The van der Waals surface area contributed by atoms with Crippen molar-refractivity contribution < 1.29 is 14.3 Å². The molecule has 132 valence electrons. The first-order valence-corrected chi connectivity index (χ1v) is 8.03. The van der Waals surface area contributed by atoms with Gasteiger partial charge in [-0.1, -0.05) is 35.9 Å². The smallest absolute Gasteiger partial charge is 0.251 e. The number of benzene rings is 2. The molecular formula is C19H23N3O3. The second-order valence-corrected chi connectivity index (χ2v) is 5.67. The molecule has 0 aliphatic carbocycles. The first-order valence-electron chi connectivity index (χ1n) is 8.03. The summed E-state index contributed by atoms with van der Waals surface area (Å²) in [5.74, 6) is 0.112. The predicted molar refractivity (Wildman–Crippen MR) is 96.4 cm³/mol. The molecule has 1 unspecified atom stereocenters. The summed E-state index contributed by atoms with van der Waals surface area (Å²) in [6, 6.07) is 13.6. The van der Waals surface area contributed by atoms with Crippen LogP contribution in [0.15, 0.2) is 48.5 Å². The number of carbonyl (C=O) groups is 2. The minimum atomic E-state index is -0.727. The van der Waals surface area contributed by atoms with Gasteiger partial charge in [0.2, 0.25) is 5.91 Å². The first kappa shape index (κ1) is 18.5. The molecule has 0 fully saturated rings. The zero-order valence-electron chi connectivity index (χ0n) is 14.4. The van der Waals surface area contributed by atoms with Gasteiger partial charge in [-0.25, -0.2) is 0 Å². The fourth-order valence-corrected chi connectivity index (χ4v) is 2.26.